The zero-order valence-electron chi connectivity index (χ0n) is 13.0. The number of nitrogens with one attached hydrogen (secondary N) is 1. The fraction of sp³-hybridized carbons (Fsp3) is 0.250. The number of carbonyl (C=O) groups excluding carboxylic acids is 1. The molecule has 0 bridgehead atoms. The van der Waals surface area contributed by atoms with E-state index in [1.807, 2.05) is 6.07 Å². The second-order valence-corrected chi connectivity index (χ2v) is 6.85. The van der Waals surface area contributed by atoms with E-state index in [9.17, 15) is 9.59 Å². The largest absolute Gasteiger partial charge is 0.375 e. The Morgan fingerprint density at radius 2 is 2.21 bits per heavy atom. The lowest BCUT2D eigenvalue weighted by Gasteiger charge is -2.27. The molecular weight excluding hydrogens is 326 g/mol. The van der Waals surface area contributed by atoms with E-state index >= 15 is 0 Å². The summed E-state index contributed by atoms with van der Waals surface area (Å²) < 4.78 is 0.955. The van der Waals surface area contributed by atoms with Crippen LogP contribution in [0.25, 0.3) is 10.2 Å². The van der Waals surface area contributed by atoms with Crippen LogP contribution in [0.4, 0.5) is 5.13 Å². The summed E-state index contributed by atoms with van der Waals surface area (Å²) in [5.41, 5.74) is 8.25. The summed E-state index contributed by atoms with van der Waals surface area (Å²) in [6, 6.07) is 5.41. The first-order valence-corrected chi connectivity index (χ1v) is 8.37. The minimum absolute atomic E-state index is 0.0890. The number of benzene rings is 1. The normalized spacial score (nSPS) is 14.0. The topological polar surface area (TPSA) is 105 Å². The second-order valence-electron chi connectivity index (χ2n) is 5.79. The molecule has 8 heteroatoms. The number of aromatic nitrogens is 3. The van der Waals surface area contributed by atoms with Gasteiger partial charge in [-0.3, -0.25) is 9.59 Å². The molecule has 3 aromatic rings. The number of nitrogen functional groups attached to an aromatic ring is 1. The van der Waals surface area contributed by atoms with E-state index < -0.39 is 0 Å². The fourth-order valence-electron chi connectivity index (χ4n) is 3.00. The van der Waals surface area contributed by atoms with Crippen LogP contribution in [0.3, 0.4) is 0 Å². The average Bonchev–Trinajstić information content (AvgIpc) is 2.92. The van der Waals surface area contributed by atoms with Crippen molar-refractivity contribution in [1.82, 2.24) is 19.9 Å². The predicted molar refractivity (Wildman–Crippen MR) is 92.1 cm³/mol. The molecule has 2 aromatic heterocycles. The van der Waals surface area contributed by atoms with Gasteiger partial charge in [0.2, 0.25) is 0 Å². The molecule has 3 N–H and O–H groups in total. The van der Waals surface area contributed by atoms with Crippen LogP contribution in [0.15, 0.2) is 23.0 Å². The third-order valence-corrected chi connectivity index (χ3v) is 5.00. The van der Waals surface area contributed by atoms with Gasteiger partial charge < -0.3 is 15.6 Å². The summed E-state index contributed by atoms with van der Waals surface area (Å²) in [4.78, 5) is 37.8. The van der Waals surface area contributed by atoms with Crippen molar-refractivity contribution in [3.63, 3.8) is 0 Å². The molecule has 0 atom stereocenters. The smallest absolute Gasteiger partial charge is 0.254 e. The van der Waals surface area contributed by atoms with Crippen molar-refractivity contribution in [2.24, 2.45) is 0 Å². The summed E-state index contributed by atoms with van der Waals surface area (Å²) >= 11 is 1.40. The number of hydrogen-bond donors (Lipinski definition) is 2. The van der Waals surface area contributed by atoms with Crippen LogP contribution in [-0.2, 0) is 13.0 Å². The Kier molecular flexibility index (Phi) is 3.34. The molecule has 122 valence electrons. The molecule has 1 aliphatic rings. The zero-order valence-corrected chi connectivity index (χ0v) is 13.8. The predicted octanol–water partition coefficient (Wildman–Crippen LogP) is 1.47. The van der Waals surface area contributed by atoms with Gasteiger partial charge >= 0.3 is 0 Å². The Morgan fingerprint density at radius 3 is 3.04 bits per heavy atom. The summed E-state index contributed by atoms with van der Waals surface area (Å²) in [6.07, 6.45) is 0.510. The van der Waals surface area contributed by atoms with Gasteiger partial charge in [0.25, 0.3) is 11.5 Å². The first-order valence-electron chi connectivity index (χ1n) is 7.55. The monoisotopic (exact) mass is 341 g/mol. The highest BCUT2D eigenvalue weighted by atomic mass is 32.1. The van der Waals surface area contributed by atoms with Gasteiger partial charge in [-0.05, 0) is 31.5 Å². The third kappa shape index (κ3) is 2.44. The zero-order chi connectivity index (χ0) is 16.8. The van der Waals surface area contributed by atoms with Crippen molar-refractivity contribution in [2.45, 2.75) is 19.9 Å². The number of carbonyl (C=O) groups is 1. The quantitative estimate of drug-likeness (QED) is 0.697. The average molecular weight is 341 g/mol. The van der Waals surface area contributed by atoms with Crippen molar-refractivity contribution in [2.75, 3.05) is 12.3 Å². The number of aromatic amines is 1. The number of aryl methyl sites for hydroxylation is 1. The second kappa shape index (κ2) is 5.41. The number of nitrogens with zero attached hydrogens (tertiary/aromatic N) is 3. The molecule has 3 heterocycles. The van der Waals surface area contributed by atoms with Crippen molar-refractivity contribution < 1.29 is 4.79 Å². The SMILES string of the molecule is Cc1nc2c(c(=O)[nH]1)CCN(C(=O)c1ccc3sc(N)nc3c1)C2. The van der Waals surface area contributed by atoms with E-state index in [-0.39, 0.29) is 11.5 Å². The Balaban J connectivity index is 1.65. The summed E-state index contributed by atoms with van der Waals surface area (Å²) in [6.45, 7) is 2.58. The number of amides is 1. The van der Waals surface area contributed by atoms with E-state index in [2.05, 4.69) is 15.0 Å². The fourth-order valence-corrected chi connectivity index (χ4v) is 3.71. The molecule has 0 aliphatic carbocycles. The van der Waals surface area contributed by atoms with Crippen molar-refractivity contribution >= 4 is 32.6 Å². The number of anilines is 1. The number of nitrogens with two attached hydrogens (primary N) is 1. The molecule has 24 heavy (non-hydrogen) atoms. The lowest BCUT2D eigenvalue weighted by molar-refractivity contribution is 0.0731. The number of fused-ring (bicyclic) bond motifs is 2. The van der Waals surface area contributed by atoms with Gasteiger partial charge in [-0.2, -0.15) is 0 Å². The van der Waals surface area contributed by atoms with Gasteiger partial charge in [0, 0.05) is 17.7 Å². The highest BCUT2D eigenvalue weighted by Crippen LogP contribution is 2.25. The van der Waals surface area contributed by atoms with Gasteiger partial charge in [-0.15, -0.1) is 0 Å². The van der Waals surface area contributed by atoms with Crippen LogP contribution >= 0.6 is 11.3 Å². The van der Waals surface area contributed by atoms with Crippen LogP contribution in [0, 0.1) is 6.92 Å². The van der Waals surface area contributed by atoms with E-state index in [1.165, 1.54) is 11.3 Å². The lowest BCUT2D eigenvalue weighted by Crippen LogP contribution is -2.39. The first-order chi connectivity index (χ1) is 11.5. The van der Waals surface area contributed by atoms with Crippen molar-refractivity contribution in [3.05, 3.63) is 51.2 Å². The summed E-state index contributed by atoms with van der Waals surface area (Å²) in [5, 5.41) is 0.486. The van der Waals surface area contributed by atoms with Crippen molar-refractivity contribution in [1.29, 1.82) is 0 Å². The summed E-state index contributed by atoms with van der Waals surface area (Å²) in [7, 11) is 0. The molecule has 1 aliphatic heterocycles. The Bertz CT molecular complexity index is 1020. The highest BCUT2D eigenvalue weighted by Gasteiger charge is 2.25. The maximum atomic E-state index is 12.8. The number of H-pyrrole nitrogens is 1. The van der Waals surface area contributed by atoms with Crippen LogP contribution in [0.1, 0.15) is 27.4 Å². The number of rotatable bonds is 1. The molecule has 0 saturated heterocycles. The van der Waals surface area contributed by atoms with Gasteiger partial charge in [-0.1, -0.05) is 11.3 Å². The molecule has 0 saturated carbocycles. The van der Waals surface area contributed by atoms with Gasteiger partial charge in [0.15, 0.2) is 5.13 Å². The lowest BCUT2D eigenvalue weighted by atomic mass is 10.1. The van der Waals surface area contributed by atoms with Crippen LogP contribution in [0.5, 0.6) is 0 Å². The van der Waals surface area contributed by atoms with E-state index in [4.69, 9.17) is 5.73 Å². The van der Waals surface area contributed by atoms with Crippen LogP contribution in [-0.4, -0.2) is 32.3 Å². The van der Waals surface area contributed by atoms with Crippen LogP contribution < -0.4 is 11.3 Å². The molecule has 0 spiro atoms. The maximum Gasteiger partial charge on any atom is 0.254 e. The minimum atomic E-state index is -0.107. The molecule has 1 aromatic carbocycles. The molecule has 7 nitrogen and oxygen atoms in total. The maximum absolute atomic E-state index is 12.8. The molecule has 4 rings (SSSR count). The van der Waals surface area contributed by atoms with E-state index in [1.54, 1.807) is 24.0 Å². The minimum Gasteiger partial charge on any atom is -0.375 e. The number of thiazole rings is 1. The molecule has 0 fully saturated rings. The van der Waals surface area contributed by atoms with E-state index in [0.29, 0.717) is 47.3 Å². The molecule has 0 radical (unpaired) electrons. The Morgan fingerprint density at radius 1 is 1.38 bits per heavy atom. The van der Waals surface area contributed by atoms with Gasteiger partial charge in [0.1, 0.15) is 5.82 Å². The molecular formula is C16H15N5O2S. The summed E-state index contributed by atoms with van der Waals surface area (Å²) in [5.74, 6) is 0.473. The van der Waals surface area contributed by atoms with Crippen LogP contribution in [0.2, 0.25) is 0 Å². The van der Waals surface area contributed by atoms with Gasteiger partial charge in [-0.25, -0.2) is 9.97 Å². The first kappa shape index (κ1) is 14.8. The van der Waals surface area contributed by atoms with Crippen molar-refractivity contribution in [3.8, 4) is 0 Å². The third-order valence-electron chi connectivity index (χ3n) is 4.13. The molecule has 1 amide bonds. The number of hydrogen-bond acceptors (Lipinski definition) is 6. The highest BCUT2D eigenvalue weighted by molar-refractivity contribution is 7.22. The standard InChI is InChI=1S/C16H15N5O2S/c1-8-18-12-7-21(5-4-10(12)14(22)19-8)15(23)9-2-3-13-11(6-9)20-16(17)24-13/h2-3,6H,4-5,7H2,1H3,(H2,17,20)(H,18,19,22). The molecule has 0 unspecified atom stereocenters. The van der Waals surface area contributed by atoms with Gasteiger partial charge in [0.05, 0.1) is 22.5 Å². The Hall–Kier alpha value is -2.74. The van der Waals surface area contributed by atoms with E-state index in [0.717, 1.165) is 10.2 Å². The Labute approximate surface area is 141 Å².